The highest BCUT2D eigenvalue weighted by atomic mass is 127. The van der Waals surface area contributed by atoms with Crippen LogP contribution in [-0.4, -0.2) is 63.3 Å². The molecule has 0 spiro atoms. The van der Waals surface area contributed by atoms with Gasteiger partial charge in [-0.2, -0.15) is 0 Å². The van der Waals surface area contributed by atoms with Crippen LogP contribution in [0.1, 0.15) is 51.0 Å². The summed E-state index contributed by atoms with van der Waals surface area (Å²) in [7, 11) is 1.69. The number of halogens is 1. The molecule has 1 unspecified atom stereocenters. The van der Waals surface area contributed by atoms with Gasteiger partial charge in [-0.25, -0.2) is 4.99 Å². The fraction of sp³-hybridized carbons (Fsp3) is 0.680. The largest absolute Gasteiger partial charge is 0.382 e. The number of nitrogens with zero attached hydrogens (tertiary/aromatic N) is 2. The highest BCUT2D eigenvalue weighted by molar-refractivity contribution is 14.0. The number of methoxy groups -OCH3 is 1. The summed E-state index contributed by atoms with van der Waals surface area (Å²) < 4.78 is 10.8. The number of benzene rings is 1. The van der Waals surface area contributed by atoms with E-state index < -0.39 is 0 Å². The zero-order valence-electron chi connectivity index (χ0n) is 20.2. The SMILES string of the molecule is CCNC(=NCc1cccc(NC(=O)C2CCCCC2)c1)N1CCC(COCCOC)C1.I. The zero-order chi connectivity index (χ0) is 22.6. The van der Waals surface area contributed by atoms with Gasteiger partial charge in [-0.3, -0.25) is 4.79 Å². The second-order valence-electron chi connectivity index (χ2n) is 8.86. The summed E-state index contributed by atoms with van der Waals surface area (Å²) in [4.78, 5) is 19.8. The molecule has 1 aliphatic heterocycles. The van der Waals surface area contributed by atoms with Crippen molar-refractivity contribution in [3.63, 3.8) is 0 Å². The van der Waals surface area contributed by atoms with Crippen LogP contribution in [0.25, 0.3) is 0 Å². The van der Waals surface area contributed by atoms with Gasteiger partial charge in [0.05, 0.1) is 26.4 Å². The van der Waals surface area contributed by atoms with Gasteiger partial charge in [0.2, 0.25) is 5.91 Å². The number of ether oxygens (including phenoxy) is 2. The van der Waals surface area contributed by atoms with Gasteiger partial charge in [0.25, 0.3) is 0 Å². The molecule has 1 atom stereocenters. The first-order valence-electron chi connectivity index (χ1n) is 12.2. The number of amides is 1. The molecule has 3 rings (SSSR count). The summed E-state index contributed by atoms with van der Waals surface area (Å²) in [6.45, 7) is 7.51. The minimum atomic E-state index is 0. The molecule has 33 heavy (non-hydrogen) atoms. The number of aliphatic imine (C=N–C) groups is 1. The van der Waals surface area contributed by atoms with Crippen molar-refractivity contribution in [2.45, 2.75) is 52.0 Å². The molecule has 8 heteroatoms. The number of anilines is 1. The second-order valence-corrected chi connectivity index (χ2v) is 8.86. The summed E-state index contributed by atoms with van der Waals surface area (Å²) >= 11 is 0. The van der Waals surface area contributed by atoms with E-state index in [9.17, 15) is 4.79 Å². The summed E-state index contributed by atoms with van der Waals surface area (Å²) in [6, 6.07) is 8.08. The number of guanidine groups is 1. The van der Waals surface area contributed by atoms with E-state index in [2.05, 4.69) is 28.5 Å². The Bertz CT molecular complexity index is 740. The van der Waals surface area contributed by atoms with Crippen LogP contribution in [0.2, 0.25) is 0 Å². The lowest BCUT2D eigenvalue weighted by atomic mass is 9.88. The van der Waals surface area contributed by atoms with Crippen molar-refractivity contribution in [3.05, 3.63) is 29.8 Å². The van der Waals surface area contributed by atoms with Crippen LogP contribution in [0.5, 0.6) is 0 Å². The minimum absolute atomic E-state index is 0. The van der Waals surface area contributed by atoms with E-state index >= 15 is 0 Å². The minimum Gasteiger partial charge on any atom is -0.382 e. The molecule has 7 nitrogen and oxygen atoms in total. The maximum atomic E-state index is 12.6. The Morgan fingerprint density at radius 1 is 1.18 bits per heavy atom. The quantitative estimate of drug-likeness (QED) is 0.190. The number of carbonyl (C=O) groups excluding carboxylic acids is 1. The molecule has 1 amide bonds. The van der Waals surface area contributed by atoms with Crippen LogP contribution in [0.3, 0.4) is 0 Å². The van der Waals surface area contributed by atoms with Crippen LogP contribution in [0.4, 0.5) is 5.69 Å². The number of hydrogen-bond donors (Lipinski definition) is 2. The Balaban J connectivity index is 0.00000385. The van der Waals surface area contributed by atoms with Crippen molar-refractivity contribution in [1.29, 1.82) is 0 Å². The predicted octanol–water partition coefficient (Wildman–Crippen LogP) is 4.27. The summed E-state index contributed by atoms with van der Waals surface area (Å²) in [5.74, 6) is 1.79. The highest BCUT2D eigenvalue weighted by Gasteiger charge is 2.25. The molecule has 0 bridgehead atoms. The third-order valence-corrected chi connectivity index (χ3v) is 6.29. The van der Waals surface area contributed by atoms with Crippen molar-refractivity contribution in [2.24, 2.45) is 16.8 Å². The zero-order valence-corrected chi connectivity index (χ0v) is 22.5. The third-order valence-electron chi connectivity index (χ3n) is 6.29. The smallest absolute Gasteiger partial charge is 0.227 e. The van der Waals surface area contributed by atoms with Crippen LogP contribution < -0.4 is 10.6 Å². The van der Waals surface area contributed by atoms with Crippen molar-refractivity contribution in [3.8, 4) is 0 Å². The molecule has 1 saturated carbocycles. The molecule has 2 fully saturated rings. The van der Waals surface area contributed by atoms with Gasteiger partial charge in [-0.1, -0.05) is 31.4 Å². The van der Waals surface area contributed by atoms with Gasteiger partial charge < -0.3 is 25.0 Å². The molecule has 0 aromatic heterocycles. The normalized spacial score (nSPS) is 19.3. The van der Waals surface area contributed by atoms with Crippen LogP contribution >= 0.6 is 24.0 Å². The Morgan fingerprint density at radius 2 is 2.00 bits per heavy atom. The summed E-state index contributed by atoms with van der Waals surface area (Å²) in [5, 5.41) is 6.54. The topological polar surface area (TPSA) is 75.2 Å². The molecule has 0 radical (unpaired) electrons. The summed E-state index contributed by atoms with van der Waals surface area (Å²) in [6.07, 6.45) is 6.71. The van der Waals surface area contributed by atoms with Crippen molar-refractivity contribution in [2.75, 3.05) is 51.9 Å². The average molecular weight is 573 g/mol. The molecule has 1 saturated heterocycles. The molecule has 2 N–H and O–H groups in total. The van der Waals surface area contributed by atoms with Crippen molar-refractivity contribution >= 4 is 41.5 Å². The van der Waals surface area contributed by atoms with E-state index in [4.69, 9.17) is 14.5 Å². The molecule has 186 valence electrons. The second kappa shape index (κ2) is 15.5. The lowest BCUT2D eigenvalue weighted by molar-refractivity contribution is -0.120. The molecule has 1 aromatic carbocycles. The fourth-order valence-electron chi connectivity index (χ4n) is 4.50. The van der Waals surface area contributed by atoms with Crippen LogP contribution in [0, 0.1) is 11.8 Å². The first-order valence-corrected chi connectivity index (χ1v) is 12.2. The van der Waals surface area contributed by atoms with Crippen LogP contribution in [-0.2, 0) is 20.8 Å². The number of rotatable bonds is 10. The predicted molar refractivity (Wildman–Crippen MR) is 144 cm³/mol. The van der Waals surface area contributed by atoms with Gasteiger partial charge in [0, 0.05) is 44.3 Å². The van der Waals surface area contributed by atoms with Crippen LogP contribution in [0.15, 0.2) is 29.3 Å². The fourth-order valence-corrected chi connectivity index (χ4v) is 4.50. The summed E-state index contributed by atoms with van der Waals surface area (Å²) in [5.41, 5.74) is 1.97. The lowest BCUT2D eigenvalue weighted by Crippen LogP contribution is -2.40. The van der Waals surface area contributed by atoms with Gasteiger partial charge in [0.1, 0.15) is 0 Å². The maximum Gasteiger partial charge on any atom is 0.227 e. The molecular formula is C25H41IN4O3. The van der Waals surface area contributed by atoms with Gasteiger partial charge >= 0.3 is 0 Å². The Hall–Kier alpha value is -1.39. The molecule has 2 aliphatic rings. The van der Waals surface area contributed by atoms with E-state index in [-0.39, 0.29) is 35.8 Å². The van der Waals surface area contributed by atoms with E-state index in [1.54, 1.807) is 7.11 Å². The van der Waals surface area contributed by atoms with Gasteiger partial charge in [-0.15, -0.1) is 24.0 Å². The van der Waals surface area contributed by atoms with E-state index in [1.165, 1.54) is 6.42 Å². The first kappa shape index (κ1) is 27.9. The number of likely N-dealkylation sites (tertiary alicyclic amines) is 1. The molecule has 1 heterocycles. The van der Waals surface area contributed by atoms with Crippen molar-refractivity contribution < 1.29 is 14.3 Å². The molecule has 1 aliphatic carbocycles. The number of nitrogens with one attached hydrogen (secondary N) is 2. The average Bonchev–Trinajstić information content (AvgIpc) is 3.29. The Labute approximate surface area is 216 Å². The maximum absolute atomic E-state index is 12.6. The Morgan fingerprint density at radius 3 is 2.76 bits per heavy atom. The molecule has 1 aromatic rings. The number of hydrogen-bond acceptors (Lipinski definition) is 4. The molecular weight excluding hydrogens is 531 g/mol. The third kappa shape index (κ3) is 9.41. The van der Waals surface area contributed by atoms with E-state index in [0.29, 0.717) is 25.7 Å². The lowest BCUT2D eigenvalue weighted by Gasteiger charge is -2.22. The standard InChI is InChI=1S/C25H40N4O3.HI/c1-3-26-25(29-13-12-21(18-29)19-32-15-14-31-2)27-17-20-8-7-11-23(16-20)28-24(30)22-9-5-4-6-10-22;/h7-8,11,16,21-22H,3-6,9-10,12-15,17-19H2,1-2H3,(H,26,27)(H,28,30);1H. The number of carbonyl (C=O) groups is 1. The monoisotopic (exact) mass is 572 g/mol. The van der Waals surface area contributed by atoms with Gasteiger partial charge in [-0.05, 0) is 43.9 Å². The highest BCUT2D eigenvalue weighted by Crippen LogP contribution is 2.25. The Kier molecular flexibility index (Phi) is 13.1. The van der Waals surface area contributed by atoms with E-state index in [0.717, 1.165) is 75.6 Å². The van der Waals surface area contributed by atoms with Gasteiger partial charge in [0.15, 0.2) is 5.96 Å². The first-order chi connectivity index (χ1) is 15.7. The van der Waals surface area contributed by atoms with E-state index in [1.807, 2.05) is 18.2 Å². The van der Waals surface area contributed by atoms with Crippen molar-refractivity contribution in [1.82, 2.24) is 10.2 Å².